The van der Waals surface area contributed by atoms with Crippen molar-refractivity contribution in [2.75, 3.05) is 7.11 Å². The van der Waals surface area contributed by atoms with E-state index in [0.29, 0.717) is 11.4 Å². The summed E-state index contributed by atoms with van der Waals surface area (Å²) in [5, 5.41) is 8.08. The summed E-state index contributed by atoms with van der Waals surface area (Å²) in [6.45, 7) is 3.92. The third kappa shape index (κ3) is 3.77. The van der Waals surface area contributed by atoms with Crippen LogP contribution < -0.4 is 4.74 Å². The second-order valence-electron chi connectivity index (χ2n) is 5.80. The van der Waals surface area contributed by atoms with Gasteiger partial charge in [0.2, 0.25) is 0 Å². The number of carbonyl (C=O) groups is 1. The molecule has 0 unspecified atom stereocenters. The summed E-state index contributed by atoms with van der Waals surface area (Å²) in [6.07, 6.45) is 0. The van der Waals surface area contributed by atoms with Gasteiger partial charge in [-0.25, -0.2) is 9.48 Å². The maximum atomic E-state index is 12.4. The van der Waals surface area contributed by atoms with Crippen molar-refractivity contribution >= 4 is 21.9 Å². The average molecular weight is 416 g/mol. The van der Waals surface area contributed by atoms with Gasteiger partial charge in [-0.1, -0.05) is 33.3 Å². The topological polar surface area (TPSA) is 66.2 Å². The standard InChI is InChI=1S/C19H18BrN3O3/c1-12-9-15(7-8-17(12)20)23-13(2)18(21-22-23)19(24)26-11-14-5-4-6-16(10-14)25-3/h4-10H,11H2,1-3H3. The average Bonchev–Trinajstić information content (AvgIpc) is 3.03. The van der Waals surface area contributed by atoms with Gasteiger partial charge in [-0.05, 0) is 55.3 Å². The van der Waals surface area contributed by atoms with Gasteiger partial charge in [-0.3, -0.25) is 0 Å². The summed E-state index contributed by atoms with van der Waals surface area (Å²) >= 11 is 3.47. The molecule has 1 aromatic heterocycles. The van der Waals surface area contributed by atoms with Crippen LogP contribution >= 0.6 is 15.9 Å². The molecule has 6 nitrogen and oxygen atoms in total. The van der Waals surface area contributed by atoms with Crippen LogP contribution in [-0.4, -0.2) is 28.1 Å². The predicted octanol–water partition coefficient (Wildman–Crippen LogP) is 4.01. The number of benzene rings is 2. The zero-order valence-electron chi connectivity index (χ0n) is 14.7. The highest BCUT2D eigenvalue weighted by Gasteiger charge is 2.19. The Balaban J connectivity index is 1.76. The number of halogens is 1. The molecule has 0 saturated carbocycles. The molecule has 0 atom stereocenters. The molecule has 0 amide bonds. The molecule has 1 heterocycles. The van der Waals surface area contributed by atoms with Gasteiger partial charge in [-0.15, -0.1) is 5.10 Å². The second kappa shape index (κ2) is 7.70. The fourth-order valence-electron chi connectivity index (χ4n) is 2.50. The zero-order chi connectivity index (χ0) is 18.7. The van der Waals surface area contributed by atoms with Crippen LogP contribution in [0.3, 0.4) is 0 Å². The number of methoxy groups -OCH3 is 1. The Hall–Kier alpha value is -2.67. The molecule has 0 aliphatic heterocycles. The van der Waals surface area contributed by atoms with E-state index in [1.165, 1.54) is 0 Å². The first-order valence-electron chi connectivity index (χ1n) is 7.98. The van der Waals surface area contributed by atoms with Gasteiger partial charge in [0.25, 0.3) is 0 Å². The Labute approximate surface area is 159 Å². The van der Waals surface area contributed by atoms with Crippen LogP contribution in [0.2, 0.25) is 0 Å². The lowest BCUT2D eigenvalue weighted by Gasteiger charge is -2.07. The Kier molecular flexibility index (Phi) is 5.37. The predicted molar refractivity (Wildman–Crippen MR) is 101 cm³/mol. The van der Waals surface area contributed by atoms with Crippen LogP contribution in [-0.2, 0) is 11.3 Å². The van der Waals surface area contributed by atoms with E-state index in [0.717, 1.165) is 21.3 Å². The molecule has 26 heavy (non-hydrogen) atoms. The highest BCUT2D eigenvalue weighted by atomic mass is 79.9. The molecular weight excluding hydrogens is 398 g/mol. The van der Waals surface area contributed by atoms with Crippen LogP contribution in [0.1, 0.15) is 27.3 Å². The Bertz CT molecular complexity index is 953. The van der Waals surface area contributed by atoms with Crippen molar-refractivity contribution in [2.24, 2.45) is 0 Å². The number of carbonyl (C=O) groups excluding carboxylic acids is 1. The smallest absolute Gasteiger partial charge is 0.361 e. The minimum atomic E-state index is -0.509. The molecule has 134 valence electrons. The third-order valence-electron chi connectivity index (χ3n) is 3.98. The van der Waals surface area contributed by atoms with E-state index in [-0.39, 0.29) is 12.3 Å². The van der Waals surface area contributed by atoms with Crippen LogP contribution in [0.15, 0.2) is 46.9 Å². The number of aromatic nitrogens is 3. The Morgan fingerprint density at radius 3 is 2.73 bits per heavy atom. The fourth-order valence-corrected chi connectivity index (χ4v) is 2.75. The maximum absolute atomic E-state index is 12.4. The van der Waals surface area contributed by atoms with Gasteiger partial charge in [0.15, 0.2) is 5.69 Å². The molecule has 0 saturated heterocycles. The molecule has 7 heteroatoms. The molecule has 0 spiro atoms. The number of hydrogen-bond donors (Lipinski definition) is 0. The molecule has 0 N–H and O–H groups in total. The van der Waals surface area contributed by atoms with E-state index in [1.807, 2.05) is 49.4 Å². The van der Waals surface area contributed by atoms with Crippen molar-refractivity contribution < 1.29 is 14.3 Å². The lowest BCUT2D eigenvalue weighted by atomic mass is 10.2. The van der Waals surface area contributed by atoms with E-state index in [9.17, 15) is 4.79 Å². The largest absolute Gasteiger partial charge is 0.497 e. The van der Waals surface area contributed by atoms with Gasteiger partial charge >= 0.3 is 5.97 Å². The third-order valence-corrected chi connectivity index (χ3v) is 4.87. The van der Waals surface area contributed by atoms with Gasteiger partial charge in [-0.2, -0.15) is 0 Å². The lowest BCUT2D eigenvalue weighted by Crippen LogP contribution is -2.08. The molecule has 0 fully saturated rings. The van der Waals surface area contributed by atoms with Crippen molar-refractivity contribution in [3.05, 3.63) is 69.5 Å². The summed E-state index contributed by atoms with van der Waals surface area (Å²) in [4.78, 5) is 12.4. The van der Waals surface area contributed by atoms with Crippen LogP contribution in [0.25, 0.3) is 5.69 Å². The molecule has 0 bridgehead atoms. The van der Waals surface area contributed by atoms with E-state index in [1.54, 1.807) is 18.7 Å². The molecular formula is C19H18BrN3O3. The van der Waals surface area contributed by atoms with E-state index in [4.69, 9.17) is 9.47 Å². The van der Waals surface area contributed by atoms with Crippen LogP contribution in [0.4, 0.5) is 0 Å². The summed E-state index contributed by atoms with van der Waals surface area (Å²) in [7, 11) is 1.59. The zero-order valence-corrected chi connectivity index (χ0v) is 16.3. The van der Waals surface area contributed by atoms with Crippen molar-refractivity contribution in [3.63, 3.8) is 0 Å². The Morgan fingerprint density at radius 1 is 1.19 bits per heavy atom. The SMILES string of the molecule is COc1cccc(COC(=O)c2nnn(-c3ccc(Br)c(C)c3)c2C)c1. The molecule has 0 aliphatic carbocycles. The number of rotatable bonds is 5. The van der Waals surface area contributed by atoms with E-state index in [2.05, 4.69) is 26.2 Å². The number of esters is 1. The number of nitrogens with zero attached hydrogens (tertiary/aromatic N) is 3. The highest BCUT2D eigenvalue weighted by Crippen LogP contribution is 2.21. The van der Waals surface area contributed by atoms with Crippen LogP contribution in [0, 0.1) is 13.8 Å². The molecule has 3 rings (SSSR count). The lowest BCUT2D eigenvalue weighted by molar-refractivity contribution is 0.0464. The molecule has 2 aromatic carbocycles. The van der Waals surface area contributed by atoms with Crippen LogP contribution in [0.5, 0.6) is 5.75 Å². The number of aryl methyl sites for hydroxylation is 1. The van der Waals surface area contributed by atoms with Gasteiger partial charge in [0.1, 0.15) is 12.4 Å². The van der Waals surface area contributed by atoms with Gasteiger partial charge in [0.05, 0.1) is 18.5 Å². The minimum Gasteiger partial charge on any atom is -0.497 e. The van der Waals surface area contributed by atoms with Crippen molar-refractivity contribution in [1.82, 2.24) is 15.0 Å². The van der Waals surface area contributed by atoms with Crippen molar-refractivity contribution in [2.45, 2.75) is 20.5 Å². The quantitative estimate of drug-likeness (QED) is 0.588. The second-order valence-corrected chi connectivity index (χ2v) is 6.65. The van der Waals surface area contributed by atoms with Gasteiger partial charge in [0, 0.05) is 4.47 Å². The van der Waals surface area contributed by atoms with E-state index >= 15 is 0 Å². The van der Waals surface area contributed by atoms with Gasteiger partial charge < -0.3 is 9.47 Å². The van der Waals surface area contributed by atoms with Crippen molar-refractivity contribution in [3.8, 4) is 11.4 Å². The normalized spacial score (nSPS) is 10.6. The van der Waals surface area contributed by atoms with E-state index < -0.39 is 5.97 Å². The minimum absolute atomic E-state index is 0.139. The first-order valence-corrected chi connectivity index (χ1v) is 8.78. The molecule has 3 aromatic rings. The summed E-state index contributed by atoms with van der Waals surface area (Å²) < 4.78 is 13.2. The summed E-state index contributed by atoms with van der Waals surface area (Å²) in [5.74, 6) is 0.205. The number of ether oxygens (including phenoxy) is 2. The first-order chi connectivity index (χ1) is 12.5. The van der Waals surface area contributed by atoms with Crippen molar-refractivity contribution in [1.29, 1.82) is 0 Å². The highest BCUT2D eigenvalue weighted by molar-refractivity contribution is 9.10. The fraction of sp³-hybridized carbons (Fsp3) is 0.211. The Morgan fingerprint density at radius 2 is 2.00 bits per heavy atom. The monoisotopic (exact) mass is 415 g/mol. The maximum Gasteiger partial charge on any atom is 0.361 e. The first kappa shape index (κ1) is 18.1. The summed E-state index contributed by atoms with van der Waals surface area (Å²) in [6, 6.07) is 13.2. The molecule has 0 radical (unpaired) electrons. The number of hydrogen-bond acceptors (Lipinski definition) is 5. The molecule has 0 aliphatic rings. The summed E-state index contributed by atoms with van der Waals surface area (Å²) in [5.41, 5.74) is 3.57.